The summed E-state index contributed by atoms with van der Waals surface area (Å²) in [6, 6.07) is 2.47. The van der Waals surface area contributed by atoms with Gasteiger partial charge in [-0.05, 0) is 6.92 Å². The van der Waals surface area contributed by atoms with Crippen LogP contribution in [0.2, 0.25) is 0 Å². The molecule has 0 rings (SSSR count). The minimum absolute atomic E-state index is 0. The van der Waals surface area contributed by atoms with Crippen LogP contribution in [0, 0.1) is 22.7 Å². The molecule has 5 N–H and O–H groups in total. The van der Waals surface area contributed by atoms with Crippen molar-refractivity contribution in [2.24, 2.45) is 0 Å². The second-order valence-electron chi connectivity index (χ2n) is 3.01. The van der Waals surface area contributed by atoms with Crippen LogP contribution in [0.1, 0.15) is 6.92 Å². The molecule has 0 radical (unpaired) electrons. The molecule has 0 aliphatic carbocycles. The maximum atomic E-state index is 10.5. The molecule has 0 aromatic rings. The second-order valence-corrected chi connectivity index (χ2v) is 3.01. The molecular weight excluding hydrogens is 264 g/mol. The number of carbonyl (C=O) groups is 1. The first kappa shape index (κ1) is 22.0. The van der Waals surface area contributed by atoms with Crippen molar-refractivity contribution in [1.29, 1.82) is 10.5 Å². The number of Topliss-reactive ketones (excluding diaryl/α,β-unsaturated/α-hetero) is 1. The van der Waals surface area contributed by atoms with Gasteiger partial charge in [0, 0.05) is 0 Å². The minimum atomic E-state index is -1.79. The first-order valence-electron chi connectivity index (χ1n) is 4.45. The summed E-state index contributed by atoms with van der Waals surface area (Å²) >= 11 is 0. The Morgan fingerprint density at radius 3 is 1.72 bits per heavy atom. The van der Waals surface area contributed by atoms with Crippen LogP contribution < -0.4 is 0 Å². The first-order chi connectivity index (χ1) is 7.83. The van der Waals surface area contributed by atoms with E-state index in [1.54, 1.807) is 0 Å². The Morgan fingerprint density at radius 1 is 1.11 bits per heavy atom. The number of nitrogens with zero attached hydrogens (tertiary/aromatic N) is 2. The van der Waals surface area contributed by atoms with Crippen LogP contribution in [0.3, 0.4) is 0 Å². The topological polar surface area (TPSA) is 166 Å². The molecule has 0 amide bonds. The van der Waals surface area contributed by atoms with E-state index < -0.39 is 36.8 Å². The molecule has 0 bridgehead atoms. The molecule has 0 aliphatic rings. The van der Waals surface area contributed by atoms with Gasteiger partial charge in [0.2, 0.25) is 0 Å². The molecule has 0 aliphatic heterocycles. The van der Waals surface area contributed by atoms with E-state index in [0.29, 0.717) is 0 Å². The van der Waals surface area contributed by atoms with Crippen molar-refractivity contribution in [3.8, 4) is 12.1 Å². The van der Waals surface area contributed by atoms with Gasteiger partial charge in [0.1, 0.15) is 24.4 Å². The number of carbonyl (C=O) groups excluding carboxylic acids is 1. The van der Waals surface area contributed by atoms with Gasteiger partial charge in [-0.15, -0.1) is 0 Å². The van der Waals surface area contributed by atoms with Gasteiger partial charge in [-0.3, -0.25) is 4.79 Å². The molecule has 8 nitrogen and oxygen atoms in total. The van der Waals surface area contributed by atoms with E-state index in [-0.39, 0.29) is 13.5 Å². The lowest BCUT2D eigenvalue weighted by atomic mass is 10.0. The molecule has 0 aromatic heterocycles. The normalized spacial score (nSPS) is 15.3. The predicted octanol–water partition coefficient (Wildman–Crippen LogP) is -2.84. The number of aliphatic hydroxyl groups is 5. The molecule has 104 valence electrons. The quantitative estimate of drug-likeness (QED) is 0.359. The molecule has 0 saturated carbocycles. The van der Waals surface area contributed by atoms with Crippen LogP contribution in [0.5, 0.6) is 0 Å². The Labute approximate surface area is 111 Å². The fourth-order valence-electron chi connectivity index (χ4n) is 0.763. The highest BCUT2D eigenvalue weighted by Crippen LogP contribution is 2.05. The summed E-state index contributed by atoms with van der Waals surface area (Å²) in [7, 11) is 0. The number of ketones is 1. The van der Waals surface area contributed by atoms with Gasteiger partial charge in [-0.2, -0.15) is 24.0 Å². The number of aliphatic hydroxyl groups excluding tert-OH is 5. The highest BCUT2D eigenvalue weighted by atomic mass is 32.1. The molecule has 4 atom stereocenters. The van der Waals surface area contributed by atoms with Gasteiger partial charge < -0.3 is 25.5 Å². The zero-order valence-electron chi connectivity index (χ0n) is 9.56. The third-order valence-electron chi connectivity index (χ3n) is 1.72. The van der Waals surface area contributed by atoms with E-state index in [4.69, 9.17) is 36.1 Å². The van der Waals surface area contributed by atoms with E-state index >= 15 is 0 Å². The molecule has 4 unspecified atom stereocenters. The summed E-state index contributed by atoms with van der Waals surface area (Å²) in [4.78, 5) is 10.5. The summed E-state index contributed by atoms with van der Waals surface area (Å²) in [6.07, 6.45) is -6.87. The lowest BCUT2D eigenvalue weighted by Gasteiger charge is -2.23. The smallest absolute Gasteiger partial charge is 0.181 e. The van der Waals surface area contributed by atoms with Crippen molar-refractivity contribution in [3.05, 3.63) is 0 Å². The number of nitriles is 2. The Balaban J connectivity index is -0.000000392. The van der Waals surface area contributed by atoms with E-state index in [1.165, 1.54) is 12.1 Å². The molecule has 0 saturated heterocycles. The average molecular weight is 280 g/mol. The monoisotopic (exact) mass is 280 g/mol. The van der Waals surface area contributed by atoms with Gasteiger partial charge in [0.05, 0.1) is 6.61 Å². The lowest BCUT2D eigenvalue weighted by Crippen LogP contribution is -2.48. The van der Waals surface area contributed by atoms with Crippen LogP contribution in [0.15, 0.2) is 0 Å². The molecule has 9 heteroatoms. The fraction of sp³-hybridized carbons (Fsp3) is 0.667. The van der Waals surface area contributed by atoms with Crippen molar-refractivity contribution < 1.29 is 30.3 Å². The third kappa shape index (κ3) is 8.90. The Morgan fingerprint density at radius 2 is 1.50 bits per heavy atom. The predicted molar refractivity (Wildman–Crippen MR) is 63.4 cm³/mol. The lowest BCUT2D eigenvalue weighted by molar-refractivity contribution is -0.145. The average Bonchev–Trinajstić information content (AvgIpc) is 2.34. The van der Waals surface area contributed by atoms with E-state index in [0.717, 1.165) is 6.92 Å². The van der Waals surface area contributed by atoms with E-state index in [9.17, 15) is 4.79 Å². The zero-order valence-corrected chi connectivity index (χ0v) is 10.6. The van der Waals surface area contributed by atoms with Crippen LogP contribution in [0.4, 0.5) is 0 Å². The van der Waals surface area contributed by atoms with Crippen LogP contribution >= 0.6 is 13.5 Å². The third-order valence-corrected chi connectivity index (χ3v) is 1.72. The summed E-state index contributed by atoms with van der Waals surface area (Å²) in [6.45, 7) is 0.273. The van der Waals surface area contributed by atoms with Crippen LogP contribution in [-0.4, -0.2) is 62.3 Å². The second kappa shape index (κ2) is 12.3. The minimum Gasteiger partial charge on any atom is -0.394 e. The standard InChI is InChI=1S/C7H14O6.C2N2.H2S/c1-3(9)5(11)7(13)6(12)4(10)2-8;3-1-2-4;/h4-8,10-13H,2H2,1H3;;1H2. The number of hydrogen-bond donors (Lipinski definition) is 5. The molecule has 0 heterocycles. The fourth-order valence-corrected chi connectivity index (χ4v) is 0.763. The summed E-state index contributed by atoms with van der Waals surface area (Å²) < 4.78 is 0. The van der Waals surface area contributed by atoms with Crippen molar-refractivity contribution >= 4 is 19.3 Å². The van der Waals surface area contributed by atoms with Crippen molar-refractivity contribution in [3.63, 3.8) is 0 Å². The zero-order chi connectivity index (χ0) is 14.0. The van der Waals surface area contributed by atoms with Crippen molar-refractivity contribution in [2.45, 2.75) is 31.3 Å². The maximum Gasteiger partial charge on any atom is 0.181 e. The van der Waals surface area contributed by atoms with Crippen molar-refractivity contribution in [1.82, 2.24) is 0 Å². The number of rotatable bonds is 5. The Bertz CT molecular complexity index is 301. The molecule has 0 aromatic carbocycles. The largest absolute Gasteiger partial charge is 0.394 e. The first-order valence-corrected chi connectivity index (χ1v) is 4.45. The van der Waals surface area contributed by atoms with E-state index in [2.05, 4.69) is 0 Å². The van der Waals surface area contributed by atoms with Gasteiger partial charge >= 0.3 is 0 Å². The molecule has 0 spiro atoms. The SMILES string of the molecule is CC(=O)C(O)C(O)C(O)C(O)CO.N#CC#N.S. The van der Waals surface area contributed by atoms with Gasteiger partial charge in [0.15, 0.2) is 17.9 Å². The highest BCUT2D eigenvalue weighted by Gasteiger charge is 2.32. The maximum absolute atomic E-state index is 10.5. The summed E-state index contributed by atoms with van der Waals surface area (Å²) in [5.41, 5.74) is 0. The van der Waals surface area contributed by atoms with Gasteiger partial charge in [-0.25, -0.2) is 0 Å². The van der Waals surface area contributed by atoms with E-state index in [1.807, 2.05) is 0 Å². The Kier molecular flexibility index (Phi) is 15.0. The van der Waals surface area contributed by atoms with Crippen LogP contribution in [-0.2, 0) is 4.79 Å². The van der Waals surface area contributed by atoms with Gasteiger partial charge in [-0.1, -0.05) is 0 Å². The van der Waals surface area contributed by atoms with Crippen LogP contribution in [0.25, 0.3) is 0 Å². The van der Waals surface area contributed by atoms with Crippen molar-refractivity contribution in [2.75, 3.05) is 6.61 Å². The Hall–Kier alpha value is -1.20. The number of hydrogen-bond acceptors (Lipinski definition) is 8. The highest BCUT2D eigenvalue weighted by molar-refractivity contribution is 7.59. The van der Waals surface area contributed by atoms with Gasteiger partial charge in [0.25, 0.3) is 0 Å². The molecule has 18 heavy (non-hydrogen) atoms. The molecule has 0 fully saturated rings. The summed E-state index contributed by atoms with van der Waals surface area (Å²) in [5, 5.41) is 58.8. The molecular formula is C9H16N2O6S. The summed E-state index contributed by atoms with van der Waals surface area (Å²) in [5.74, 6) is -0.725.